The zero-order valence-electron chi connectivity index (χ0n) is 11.1. The van der Waals surface area contributed by atoms with Gasteiger partial charge in [0.05, 0.1) is 5.56 Å². The second kappa shape index (κ2) is 7.04. The van der Waals surface area contributed by atoms with Crippen LogP contribution in [-0.4, -0.2) is 24.0 Å². The number of halogens is 1. The average Bonchev–Trinajstić information content (AvgIpc) is 2.34. The molecule has 0 spiro atoms. The van der Waals surface area contributed by atoms with Gasteiger partial charge in [-0.2, -0.15) is 0 Å². The van der Waals surface area contributed by atoms with Crippen molar-refractivity contribution in [2.24, 2.45) is 11.7 Å². The molecule has 3 N–H and O–H groups in total. The molecule has 0 aliphatic rings. The van der Waals surface area contributed by atoms with Crippen LogP contribution < -0.4 is 11.1 Å². The Balaban J connectivity index is 2.83. The van der Waals surface area contributed by atoms with E-state index in [1.165, 1.54) is 0 Å². The second-order valence-electron chi connectivity index (χ2n) is 4.43. The number of hydrogen-bond donors (Lipinski definition) is 2. The van der Waals surface area contributed by atoms with Crippen molar-refractivity contribution in [3.8, 4) is 0 Å². The van der Waals surface area contributed by atoms with E-state index in [0.717, 1.165) is 4.47 Å². The molecular weight excluding hydrogens is 328 g/mol. The molecule has 1 aromatic rings. The number of nitrogens with two attached hydrogens (primary N) is 1. The Hall–Kier alpha value is -1.89. The number of esters is 1. The summed E-state index contributed by atoms with van der Waals surface area (Å²) in [5, 5.41) is 1.91. The molecule has 0 aliphatic carbocycles. The molecule has 108 valence electrons. The SMILES string of the molecule is CC(C)[C@@H](OC(=O)c1cccc(Br)c1)C(=O)NC(N)=O. The van der Waals surface area contributed by atoms with Crippen LogP contribution in [0.4, 0.5) is 4.79 Å². The molecule has 0 saturated carbocycles. The summed E-state index contributed by atoms with van der Waals surface area (Å²) in [6.45, 7) is 3.39. The van der Waals surface area contributed by atoms with Gasteiger partial charge in [0.2, 0.25) is 0 Å². The molecule has 0 fully saturated rings. The van der Waals surface area contributed by atoms with E-state index in [1.807, 2.05) is 5.32 Å². The summed E-state index contributed by atoms with van der Waals surface area (Å²) in [7, 11) is 0. The van der Waals surface area contributed by atoms with Gasteiger partial charge >= 0.3 is 12.0 Å². The van der Waals surface area contributed by atoms with E-state index in [-0.39, 0.29) is 5.92 Å². The highest BCUT2D eigenvalue weighted by Crippen LogP contribution is 2.15. The number of urea groups is 1. The third-order valence-electron chi connectivity index (χ3n) is 2.40. The Morgan fingerprint density at radius 1 is 1.30 bits per heavy atom. The van der Waals surface area contributed by atoms with Crippen molar-refractivity contribution < 1.29 is 19.1 Å². The number of ether oxygens (including phenoxy) is 1. The number of carbonyl (C=O) groups is 3. The molecule has 0 bridgehead atoms. The fourth-order valence-electron chi connectivity index (χ4n) is 1.48. The molecule has 7 heteroatoms. The summed E-state index contributed by atoms with van der Waals surface area (Å²) >= 11 is 3.24. The minimum absolute atomic E-state index is 0.301. The van der Waals surface area contributed by atoms with Crippen LogP contribution in [0.5, 0.6) is 0 Å². The number of primary amides is 1. The van der Waals surface area contributed by atoms with Crippen molar-refractivity contribution in [2.75, 3.05) is 0 Å². The van der Waals surface area contributed by atoms with Gasteiger partial charge in [-0.05, 0) is 24.1 Å². The quantitative estimate of drug-likeness (QED) is 0.815. The third-order valence-corrected chi connectivity index (χ3v) is 2.90. The maximum absolute atomic E-state index is 12.0. The molecule has 1 aromatic carbocycles. The molecule has 20 heavy (non-hydrogen) atoms. The molecule has 0 heterocycles. The highest BCUT2D eigenvalue weighted by atomic mass is 79.9. The fourth-order valence-corrected chi connectivity index (χ4v) is 1.88. The van der Waals surface area contributed by atoms with Crippen LogP contribution in [-0.2, 0) is 9.53 Å². The predicted molar refractivity (Wildman–Crippen MR) is 75.9 cm³/mol. The minimum atomic E-state index is -1.09. The first-order valence-corrected chi connectivity index (χ1v) is 6.67. The Morgan fingerprint density at radius 3 is 2.45 bits per heavy atom. The molecule has 1 atom stereocenters. The molecule has 0 radical (unpaired) electrons. The number of carbonyl (C=O) groups excluding carboxylic acids is 3. The van der Waals surface area contributed by atoms with Crippen LogP contribution in [0.2, 0.25) is 0 Å². The zero-order chi connectivity index (χ0) is 15.3. The van der Waals surface area contributed by atoms with E-state index < -0.39 is 24.0 Å². The summed E-state index contributed by atoms with van der Waals surface area (Å²) < 4.78 is 5.85. The van der Waals surface area contributed by atoms with Gasteiger partial charge in [-0.15, -0.1) is 0 Å². The zero-order valence-corrected chi connectivity index (χ0v) is 12.6. The van der Waals surface area contributed by atoms with Gasteiger partial charge in [-0.25, -0.2) is 9.59 Å². The number of benzene rings is 1. The second-order valence-corrected chi connectivity index (χ2v) is 5.35. The van der Waals surface area contributed by atoms with Crippen LogP contribution in [0.15, 0.2) is 28.7 Å². The van der Waals surface area contributed by atoms with Gasteiger partial charge in [-0.1, -0.05) is 35.8 Å². The largest absolute Gasteiger partial charge is 0.448 e. The molecule has 3 amide bonds. The summed E-state index contributed by atoms with van der Waals surface area (Å²) in [6.07, 6.45) is -1.09. The Labute approximate surface area is 124 Å². The third kappa shape index (κ3) is 4.65. The number of amides is 3. The summed E-state index contributed by atoms with van der Waals surface area (Å²) in [6, 6.07) is 5.59. The molecule has 1 rings (SSSR count). The van der Waals surface area contributed by atoms with Crippen molar-refractivity contribution in [1.29, 1.82) is 0 Å². The monoisotopic (exact) mass is 342 g/mol. The van der Waals surface area contributed by atoms with Gasteiger partial charge in [0.25, 0.3) is 5.91 Å². The van der Waals surface area contributed by atoms with Crippen molar-refractivity contribution in [3.63, 3.8) is 0 Å². The van der Waals surface area contributed by atoms with E-state index >= 15 is 0 Å². The van der Waals surface area contributed by atoms with Crippen LogP contribution in [0.1, 0.15) is 24.2 Å². The highest BCUT2D eigenvalue weighted by Gasteiger charge is 2.27. The van der Waals surface area contributed by atoms with Crippen LogP contribution in [0.3, 0.4) is 0 Å². The lowest BCUT2D eigenvalue weighted by atomic mass is 10.1. The molecule has 0 aliphatic heterocycles. The molecule has 0 aromatic heterocycles. The van der Waals surface area contributed by atoms with Gasteiger partial charge in [-0.3, -0.25) is 10.1 Å². The molecular formula is C13H15BrN2O4. The molecule has 0 unspecified atom stereocenters. The van der Waals surface area contributed by atoms with Gasteiger partial charge in [0.1, 0.15) is 0 Å². The smallest absolute Gasteiger partial charge is 0.338 e. The van der Waals surface area contributed by atoms with E-state index in [4.69, 9.17) is 10.5 Å². The Morgan fingerprint density at radius 2 is 1.95 bits per heavy atom. The van der Waals surface area contributed by atoms with E-state index in [1.54, 1.807) is 38.1 Å². The van der Waals surface area contributed by atoms with Crippen molar-refractivity contribution in [1.82, 2.24) is 5.32 Å². The van der Waals surface area contributed by atoms with Crippen LogP contribution >= 0.6 is 15.9 Å². The lowest BCUT2D eigenvalue weighted by Gasteiger charge is -2.19. The predicted octanol–water partition coefficient (Wildman–Crippen LogP) is 1.83. The van der Waals surface area contributed by atoms with Crippen LogP contribution in [0, 0.1) is 5.92 Å². The number of imide groups is 1. The molecule has 0 saturated heterocycles. The first-order chi connectivity index (χ1) is 9.31. The normalized spacial score (nSPS) is 11.8. The van der Waals surface area contributed by atoms with Crippen LogP contribution in [0.25, 0.3) is 0 Å². The van der Waals surface area contributed by atoms with Crippen molar-refractivity contribution in [2.45, 2.75) is 20.0 Å². The topological polar surface area (TPSA) is 98.5 Å². The first kappa shape index (κ1) is 16.2. The van der Waals surface area contributed by atoms with Gasteiger partial charge in [0.15, 0.2) is 6.10 Å². The summed E-state index contributed by atoms with van der Waals surface area (Å²) in [4.78, 5) is 34.4. The maximum Gasteiger partial charge on any atom is 0.338 e. The first-order valence-electron chi connectivity index (χ1n) is 5.88. The fraction of sp³-hybridized carbons (Fsp3) is 0.308. The van der Waals surface area contributed by atoms with E-state index in [0.29, 0.717) is 5.56 Å². The number of nitrogens with one attached hydrogen (secondary N) is 1. The Kier molecular flexibility index (Phi) is 5.69. The standard InChI is InChI=1S/C13H15BrN2O4/c1-7(2)10(11(17)16-13(15)19)20-12(18)8-4-3-5-9(14)6-8/h3-7,10H,1-2H3,(H3,15,16,17,19)/t10-/m1/s1. The van der Waals surface area contributed by atoms with E-state index in [9.17, 15) is 14.4 Å². The van der Waals surface area contributed by atoms with Gasteiger partial charge in [0, 0.05) is 4.47 Å². The minimum Gasteiger partial charge on any atom is -0.448 e. The summed E-state index contributed by atoms with van der Waals surface area (Å²) in [5.41, 5.74) is 5.18. The number of hydrogen-bond acceptors (Lipinski definition) is 4. The lowest BCUT2D eigenvalue weighted by molar-refractivity contribution is -0.130. The Bertz CT molecular complexity index is 531. The maximum atomic E-state index is 12.0. The average molecular weight is 343 g/mol. The van der Waals surface area contributed by atoms with Crippen molar-refractivity contribution in [3.05, 3.63) is 34.3 Å². The lowest BCUT2D eigenvalue weighted by Crippen LogP contribution is -2.45. The number of rotatable bonds is 4. The van der Waals surface area contributed by atoms with E-state index in [2.05, 4.69) is 15.9 Å². The highest BCUT2D eigenvalue weighted by molar-refractivity contribution is 9.10. The molecule has 6 nitrogen and oxygen atoms in total. The van der Waals surface area contributed by atoms with Crippen molar-refractivity contribution >= 4 is 33.8 Å². The van der Waals surface area contributed by atoms with Gasteiger partial charge < -0.3 is 10.5 Å². The summed E-state index contributed by atoms with van der Waals surface area (Å²) in [5.74, 6) is -1.69.